The van der Waals surface area contributed by atoms with E-state index in [1.54, 1.807) is 17.8 Å². The number of aromatic nitrogens is 1. The molecule has 1 saturated heterocycles. The summed E-state index contributed by atoms with van der Waals surface area (Å²) in [5, 5.41) is 9.81. The number of hydrogen-bond donors (Lipinski definition) is 1. The number of carboxylic acid groups (broad SMARTS) is 1. The molecule has 0 bridgehead atoms. The van der Waals surface area contributed by atoms with Crippen LogP contribution in [0.15, 0.2) is 47.4 Å². The number of rotatable bonds is 10. The standard InChI is InChI=1S/C31H34F3N3O4S2/c1-19-16-24(10-11-26(19)41-20(2)30(39)40)42-18-27-25(17-36-12-14-37(15-13-36)29(38)22-4-3-5-22)35-28(43-27)21-6-8-23(9-7-21)31(32,33)34/h6-11,16,20,22H,3-5,12-15,17-18H2,1-2H3,(H,39,40). The Labute approximate surface area is 257 Å². The van der Waals surface area contributed by atoms with E-state index >= 15 is 0 Å². The van der Waals surface area contributed by atoms with Crippen LogP contribution in [0, 0.1) is 12.8 Å². The van der Waals surface area contributed by atoms with E-state index in [-0.39, 0.29) is 11.8 Å². The first kappa shape index (κ1) is 31.3. The van der Waals surface area contributed by atoms with Crippen molar-refractivity contribution in [3.8, 4) is 16.3 Å². The summed E-state index contributed by atoms with van der Waals surface area (Å²) in [6.45, 7) is 6.80. The summed E-state index contributed by atoms with van der Waals surface area (Å²) in [5.41, 5.74) is 1.65. The molecule has 1 unspecified atom stereocenters. The first-order chi connectivity index (χ1) is 20.5. The lowest BCUT2D eigenvalue weighted by molar-refractivity contribution is -0.144. The highest BCUT2D eigenvalue weighted by Crippen LogP contribution is 2.37. The van der Waals surface area contributed by atoms with Gasteiger partial charge in [0.1, 0.15) is 10.8 Å². The molecule has 1 atom stereocenters. The summed E-state index contributed by atoms with van der Waals surface area (Å²) in [4.78, 5) is 35.0. The third kappa shape index (κ3) is 7.71. The number of thiazole rings is 1. The average molecular weight is 634 g/mol. The zero-order valence-corrected chi connectivity index (χ0v) is 25.7. The van der Waals surface area contributed by atoms with E-state index in [1.807, 2.05) is 24.0 Å². The number of halogens is 3. The van der Waals surface area contributed by atoms with Gasteiger partial charge < -0.3 is 14.7 Å². The molecule has 43 heavy (non-hydrogen) atoms. The third-order valence-corrected chi connectivity index (χ3v) is 10.3. The highest BCUT2D eigenvalue weighted by molar-refractivity contribution is 7.98. The van der Waals surface area contributed by atoms with Crippen LogP contribution < -0.4 is 4.74 Å². The van der Waals surface area contributed by atoms with Gasteiger partial charge in [0.2, 0.25) is 5.91 Å². The lowest BCUT2D eigenvalue weighted by atomic mass is 9.84. The second-order valence-electron chi connectivity index (χ2n) is 11.0. The van der Waals surface area contributed by atoms with E-state index in [4.69, 9.17) is 14.8 Å². The second-order valence-corrected chi connectivity index (χ2v) is 13.1. The van der Waals surface area contributed by atoms with Crippen LogP contribution in [0.1, 0.15) is 47.9 Å². The van der Waals surface area contributed by atoms with Crippen molar-refractivity contribution in [2.45, 2.75) is 62.6 Å². The fourth-order valence-electron chi connectivity index (χ4n) is 5.03. The number of carboxylic acids is 1. The van der Waals surface area contributed by atoms with E-state index in [9.17, 15) is 22.8 Å². The molecule has 5 rings (SSSR count). The number of carbonyl (C=O) groups excluding carboxylic acids is 1. The molecular weight excluding hydrogens is 599 g/mol. The Morgan fingerprint density at radius 3 is 2.40 bits per heavy atom. The van der Waals surface area contributed by atoms with Crippen molar-refractivity contribution in [1.29, 1.82) is 0 Å². The molecule has 1 N–H and O–H groups in total. The second kappa shape index (κ2) is 13.3. The van der Waals surface area contributed by atoms with Crippen LogP contribution in [0.5, 0.6) is 5.75 Å². The highest BCUT2D eigenvalue weighted by atomic mass is 32.2. The predicted molar refractivity (Wildman–Crippen MR) is 160 cm³/mol. The third-order valence-electron chi connectivity index (χ3n) is 7.92. The van der Waals surface area contributed by atoms with Crippen LogP contribution in [-0.4, -0.2) is 64.0 Å². The molecule has 1 aromatic heterocycles. The van der Waals surface area contributed by atoms with Gasteiger partial charge in [-0.15, -0.1) is 23.1 Å². The average Bonchev–Trinajstić information content (AvgIpc) is 3.34. The lowest BCUT2D eigenvalue weighted by Crippen LogP contribution is -2.50. The number of ether oxygens (including phenoxy) is 1. The molecule has 1 amide bonds. The van der Waals surface area contributed by atoms with Gasteiger partial charge >= 0.3 is 12.1 Å². The van der Waals surface area contributed by atoms with Gasteiger partial charge in [-0.25, -0.2) is 9.78 Å². The van der Waals surface area contributed by atoms with E-state index < -0.39 is 23.8 Å². The number of aliphatic carboxylic acids is 1. The van der Waals surface area contributed by atoms with Gasteiger partial charge in [0.25, 0.3) is 0 Å². The number of thioether (sulfide) groups is 1. The smallest absolute Gasteiger partial charge is 0.416 e. The molecule has 1 aliphatic heterocycles. The highest BCUT2D eigenvalue weighted by Gasteiger charge is 2.32. The molecule has 2 heterocycles. The van der Waals surface area contributed by atoms with Crippen LogP contribution in [-0.2, 0) is 28.1 Å². The van der Waals surface area contributed by atoms with Gasteiger partial charge in [0.15, 0.2) is 6.10 Å². The minimum atomic E-state index is -4.40. The Bertz CT molecular complexity index is 1450. The Balaban J connectivity index is 1.30. The molecule has 230 valence electrons. The maximum absolute atomic E-state index is 13.1. The van der Waals surface area contributed by atoms with Gasteiger partial charge in [0.05, 0.1) is 11.3 Å². The summed E-state index contributed by atoms with van der Waals surface area (Å²) >= 11 is 3.09. The number of aryl methyl sites for hydroxylation is 1. The van der Waals surface area contributed by atoms with E-state index in [0.29, 0.717) is 41.7 Å². The molecule has 1 saturated carbocycles. The topological polar surface area (TPSA) is 83.0 Å². The number of nitrogens with zero attached hydrogens (tertiary/aromatic N) is 3. The van der Waals surface area contributed by atoms with Crippen molar-refractivity contribution >= 4 is 35.0 Å². The van der Waals surface area contributed by atoms with Crippen molar-refractivity contribution in [2.75, 3.05) is 26.2 Å². The Hall–Kier alpha value is -3.09. The molecule has 3 aromatic rings. The van der Waals surface area contributed by atoms with Crippen LogP contribution >= 0.6 is 23.1 Å². The molecule has 1 aliphatic carbocycles. The molecule has 2 aromatic carbocycles. The molecule has 12 heteroatoms. The number of piperazine rings is 1. The number of amides is 1. The fraction of sp³-hybridized carbons (Fsp3) is 0.452. The van der Waals surface area contributed by atoms with Crippen molar-refractivity contribution in [3.63, 3.8) is 0 Å². The van der Waals surface area contributed by atoms with Gasteiger partial charge in [0, 0.05) is 59.7 Å². The monoisotopic (exact) mass is 633 g/mol. The number of hydrogen-bond acceptors (Lipinski definition) is 7. The predicted octanol–water partition coefficient (Wildman–Crippen LogP) is 6.73. The molecule has 2 aliphatic rings. The summed E-state index contributed by atoms with van der Waals surface area (Å²) in [5.74, 6) is 0.539. The zero-order valence-electron chi connectivity index (χ0n) is 24.0. The Kier molecular flexibility index (Phi) is 9.67. The summed E-state index contributed by atoms with van der Waals surface area (Å²) in [6, 6.07) is 10.7. The summed E-state index contributed by atoms with van der Waals surface area (Å²) in [7, 11) is 0. The molecule has 2 fully saturated rings. The van der Waals surface area contributed by atoms with Crippen molar-refractivity contribution in [2.24, 2.45) is 5.92 Å². The van der Waals surface area contributed by atoms with E-state index in [1.165, 1.54) is 30.4 Å². The maximum atomic E-state index is 13.1. The zero-order chi connectivity index (χ0) is 30.7. The van der Waals surface area contributed by atoms with Gasteiger partial charge in [-0.1, -0.05) is 18.6 Å². The normalized spacial score (nSPS) is 17.0. The largest absolute Gasteiger partial charge is 0.479 e. The van der Waals surface area contributed by atoms with Gasteiger partial charge in [-0.05, 0) is 62.6 Å². The fourth-order valence-corrected chi connectivity index (χ4v) is 7.20. The van der Waals surface area contributed by atoms with Crippen molar-refractivity contribution < 1.29 is 32.6 Å². The van der Waals surface area contributed by atoms with E-state index in [0.717, 1.165) is 65.5 Å². The molecular formula is C31H34F3N3O4S2. The quantitative estimate of drug-likeness (QED) is 0.248. The minimum Gasteiger partial charge on any atom is -0.479 e. The van der Waals surface area contributed by atoms with Crippen molar-refractivity contribution in [1.82, 2.24) is 14.8 Å². The van der Waals surface area contributed by atoms with Crippen LogP contribution in [0.25, 0.3) is 10.6 Å². The van der Waals surface area contributed by atoms with Crippen LogP contribution in [0.2, 0.25) is 0 Å². The number of carbonyl (C=O) groups is 2. The first-order valence-corrected chi connectivity index (χ1v) is 16.1. The molecule has 0 radical (unpaired) electrons. The number of benzene rings is 2. The molecule has 0 spiro atoms. The van der Waals surface area contributed by atoms with Gasteiger partial charge in [-0.3, -0.25) is 9.69 Å². The van der Waals surface area contributed by atoms with E-state index in [2.05, 4.69) is 4.90 Å². The lowest BCUT2D eigenvalue weighted by Gasteiger charge is -2.38. The van der Waals surface area contributed by atoms with Gasteiger partial charge in [-0.2, -0.15) is 13.2 Å². The Morgan fingerprint density at radius 1 is 1.12 bits per heavy atom. The van der Waals surface area contributed by atoms with Crippen LogP contribution in [0.3, 0.4) is 0 Å². The molecule has 7 nitrogen and oxygen atoms in total. The SMILES string of the molecule is Cc1cc(SCc2sc(-c3ccc(C(F)(F)F)cc3)nc2CN2CCN(C(=O)C3CCC3)CC2)ccc1OC(C)C(=O)O. The van der Waals surface area contributed by atoms with Crippen molar-refractivity contribution in [3.05, 3.63) is 64.2 Å². The minimum absolute atomic E-state index is 0.185. The first-order valence-electron chi connectivity index (χ1n) is 14.3. The maximum Gasteiger partial charge on any atom is 0.416 e. The summed E-state index contributed by atoms with van der Waals surface area (Å²) < 4.78 is 44.9. The number of alkyl halides is 3. The van der Waals surface area contributed by atoms with Crippen LogP contribution in [0.4, 0.5) is 13.2 Å². The Morgan fingerprint density at radius 2 is 1.81 bits per heavy atom. The summed E-state index contributed by atoms with van der Waals surface area (Å²) in [6.07, 6.45) is -2.26.